The van der Waals surface area contributed by atoms with Crippen molar-refractivity contribution in [1.29, 1.82) is 0 Å². The molecule has 0 unspecified atom stereocenters. The summed E-state index contributed by atoms with van der Waals surface area (Å²) in [4.78, 5) is 10.2. The fraction of sp³-hybridized carbons (Fsp3) is 0.571. The number of nitrogens with two attached hydrogens (primary N) is 1. The van der Waals surface area contributed by atoms with Gasteiger partial charge >= 0.3 is 0 Å². The molecule has 1 rings (SSSR count). The topological polar surface area (TPSA) is 55.5 Å². The Hall–Kier alpha value is -0.233. The van der Waals surface area contributed by atoms with Crippen molar-refractivity contribution in [1.82, 2.24) is 0 Å². The average molecular weight is 381 g/mol. The number of hydrogen-bond acceptors (Lipinski definition) is 3. The fourth-order valence-electron chi connectivity index (χ4n) is 1.66. The second-order valence-corrected chi connectivity index (χ2v) is 11.9. The average Bonchev–Trinajstić information content (AvgIpc) is 2.29. The molecule has 0 atom stereocenters. The van der Waals surface area contributed by atoms with Crippen LogP contribution in [0.25, 0.3) is 0 Å². The maximum absolute atomic E-state index is 10.2. The van der Waals surface area contributed by atoms with Gasteiger partial charge in [0, 0.05) is 16.2 Å². The van der Waals surface area contributed by atoms with Crippen molar-refractivity contribution in [3.05, 3.63) is 21.6 Å². The molecule has 0 saturated heterocycles. The van der Waals surface area contributed by atoms with Crippen molar-refractivity contribution in [2.45, 2.75) is 44.8 Å². The molecule has 3 N–H and O–H groups in total. The van der Waals surface area contributed by atoms with Crippen LogP contribution in [0.1, 0.15) is 26.7 Å². The largest absolute Gasteiger partial charge is 0.492 e. The van der Waals surface area contributed by atoms with Gasteiger partial charge in [0.25, 0.3) is 0 Å². The highest BCUT2D eigenvalue weighted by Crippen LogP contribution is 2.40. The van der Waals surface area contributed by atoms with Gasteiger partial charge in [0.15, 0.2) is 8.32 Å². The zero-order chi connectivity index (χ0) is 15.6. The van der Waals surface area contributed by atoms with Crippen molar-refractivity contribution in [2.24, 2.45) is 0 Å². The Morgan fingerprint density at radius 2 is 2.00 bits per heavy atom. The Balaban J connectivity index is 2.52. The zero-order valence-electron chi connectivity index (χ0n) is 12.5. The van der Waals surface area contributed by atoms with E-state index < -0.39 is 8.32 Å². The van der Waals surface area contributed by atoms with Crippen molar-refractivity contribution >= 4 is 41.5 Å². The molecular formula is C14H23BrClNO2Si. The van der Waals surface area contributed by atoms with Crippen molar-refractivity contribution in [3.63, 3.8) is 0 Å². The van der Waals surface area contributed by atoms with Crippen LogP contribution in [0, 0.1) is 0 Å². The van der Waals surface area contributed by atoms with Crippen LogP contribution in [0.15, 0.2) is 16.6 Å². The molecule has 0 aliphatic rings. The van der Waals surface area contributed by atoms with E-state index in [1.54, 1.807) is 12.1 Å². The third-order valence-electron chi connectivity index (χ3n) is 3.91. The molecule has 0 fully saturated rings. The van der Waals surface area contributed by atoms with Crippen molar-refractivity contribution in [3.8, 4) is 5.75 Å². The highest BCUT2D eigenvalue weighted by molar-refractivity contribution is 9.10. The molecule has 20 heavy (non-hydrogen) atoms. The standard InChI is InChI=1S/C14H23BrClNO2Si/c1-14(2,20(3,4)18)6-5-7-19-13-9-12(17)10(15)8-11(13)16/h8-9,18H,5-7,17H2,1-4H3. The third-order valence-corrected chi connectivity index (χ3v) is 8.46. The Morgan fingerprint density at radius 3 is 2.55 bits per heavy atom. The molecule has 0 amide bonds. The van der Waals surface area contributed by atoms with Gasteiger partial charge in [-0.2, -0.15) is 0 Å². The molecule has 3 nitrogen and oxygen atoms in total. The number of rotatable bonds is 6. The van der Waals surface area contributed by atoms with E-state index in [9.17, 15) is 4.80 Å². The first-order chi connectivity index (χ1) is 9.04. The van der Waals surface area contributed by atoms with E-state index in [1.165, 1.54) is 0 Å². The summed E-state index contributed by atoms with van der Waals surface area (Å²) < 4.78 is 6.45. The molecule has 6 heteroatoms. The number of nitrogen functional groups attached to an aromatic ring is 1. The summed E-state index contributed by atoms with van der Waals surface area (Å²) in [6, 6.07) is 3.46. The first-order valence-corrected chi connectivity index (χ1v) is 10.8. The number of anilines is 1. The van der Waals surface area contributed by atoms with Gasteiger partial charge in [0.2, 0.25) is 0 Å². The number of ether oxygens (including phenoxy) is 1. The minimum Gasteiger partial charge on any atom is -0.492 e. The molecule has 0 heterocycles. The Bertz CT molecular complexity index is 475. The summed E-state index contributed by atoms with van der Waals surface area (Å²) in [5.41, 5.74) is 6.41. The molecule has 114 valence electrons. The van der Waals surface area contributed by atoms with E-state index in [0.717, 1.165) is 17.3 Å². The lowest BCUT2D eigenvalue weighted by molar-refractivity contribution is 0.294. The van der Waals surface area contributed by atoms with Gasteiger partial charge < -0.3 is 15.3 Å². The van der Waals surface area contributed by atoms with Gasteiger partial charge in [-0.05, 0) is 53.0 Å². The summed E-state index contributed by atoms with van der Waals surface area (Å²) in [6.45, 7) is 8.74. The van der Waals surface area contributed by atoms with Crippen LogP contribution in [-0.2, 0) is 0 Å². The molecule has 0 bridgehead atoms. The predicted molar refractivity (Wildman–Crippen MR) is 92.0 cm³/mol. The monoisotopic (exact) mass is 379 g/mol. The smallest absolute Gasteiger partial charge is 0.188 e. The van der Waals surface area contributed by atoms with Crippen LogP contribution in [0.3, 0.4) is 0 Å². The lowest BCUT2D eigenvalue weighted by Crippen LogP contribution is -2.39. The van der Waals surface area contributed by atoms with Crippen LogP contribution in [0.5, 0.6) is 5.75 Å². The first kappa shape index (κ1) is 17.8. The van der Waals surface area contributed by atoms with E-state index in [4.69, 9.17) is 22.1 Å². The van der Waals surface area contributed by atoms with Gasteiger partial charge in [-0.25, -0.2) is 0 Å². The lowest BCUT2D eigenvalue weighted by atomic mass is 10.1. The molecule has 0 saturated carbocycles. The van der Waals surface area contributed by atoms with Crippen LogP contribution >= 0.6 is 27.5 Å². The van der Waals surface area contributed by atoms with E-state index in [1.807, 2.05) is 13.1 Å². The zero-order valence-corrected chi connectivity index (χ0v) is 15.8. The van der Waals surface area contributed by atoms with E-state index >= 15 is 0 Å². The van der Waals surface area contributed by atoms with Crippen LogP contribution in [-0.4, -0.2) is 19.7 Å². The maximum atomic E-state index is 10.2. The minimum absolute atomic E-state index is 0.0289. The Kier molecular flexibility index (Phi) is 5.96. The Labute approximate surface area is 135 Å². The van der Waals surface area contributed by atoms with Gasteiger partial charge in [0.1, 0.15) is 5.75 Å². The van der Waals surface area contributed by atoms with Gasteiger partial charge in [-0.15, -0.1) is 0 Å². The minimum atomic E-state index is -2.15. The molecule has 0 radical (unpaired) electrons. The number of hydrogen-bond donors (Lipinski definition) is 2. The Morgan fingerprint density at radius 1 is 1.40 bits per heavy atom. The quantitative estimate of drug-likeness (QED) is 0.422. The molecule has 0 aromatic heterocycles. The SMILES string of the molecule is CC(C)(CCCOc1cc(N)c(Br)cc1Cl)[Si](C)(C)O. The molecule has 0 spiro atoms. The number of halogens is 2. The third kappa shape index (κ3) is 4.65. The predicted octanol–water partition coefficient (Wildman–Crippen LogP) is 4.82. The summed E-state index contributed by atoms with van der Waals surface area (Å²) in [5.74, 6) is 0.602. The van der Waals surface area contributed by atoms with Crippen LogP contribution in [0.2, 0.25) is 23.2 Å². The molecule has 1 aromatic rings. The lowest BCUT2D eigenvalue weighted by Gasteiger charge is -2.35. The van der Waals surface area contributed by atoms with Crippen LogP contribution in [0.4, 0.5) is 5.69 Å². The highest BCUT2D eigenvalue weighted by atomic mass is 79.9. The fourth-order valence-corrected chi connectivity index (χ4v) is 3.14. The van der Waals surface area contributed by atoms with Crippen molar-refractivity contribution < 1.29 is 9.53 Å². The van der Waals surface area contributed by atoms with E-state index in [-0.39, 0.29) is 5.04 Å². The normalized spacial score (nSPS) is 12.6. The molecular weight excluding hydrogens is 358 g/mol. The highest BCUT2D eigenvalue weighted by Gasteiger charge is 2.37. The maximum Gasteiger partial charge on any atom is 0.188 e. The van der Waals surface area contributed by atoms with E-state index in [2.05, 4.69) is 29.8 Å². The molecule has 1 aromatic carbocycles. The van der Waals surface area contributed by atoms with Crippen LogP contribution < -0.4 is 10.5 Å². The molecule has 0 aliphatic carbocycles. The summed E-state index contributed by atoms with van der Waals surface area (Å²) >= 11 is 9.42. The number of benzene rings is 1. The van der Waals surface area contributed by atoms with E-state index in [0.29, 0.717) is 23.1 Å². The van der Waals surface area contributed by atoms with Gasteiger partial charge in [-0.1, -0.05) is 25.4 Å². The van der Waals surface area contributed by atoms with Crippen molar-refractivity contribution in [2.75, 3.05) is 12.3 Å². The summed E-state index contributed by atoms with van der Waals surface area (Å²) in [5, 5.41) is 0.515. The summed E-state index contributed by atoms with van der Waals surface area (Å²) in [7, 11) is -2.15. The second-order valence-electron chi connectivity index (χ2n) is 6.20. The molecule has 0 aliphatic heterocycles. The second kappa shape index (κ2) is 6.69. The van der Waals surface area contributed by atoms with Gasteiger partial charge in [0.05, 0.1) is 11.6 Å². The van der Waals surface area contributed by atoms with Gasteiger partial charge in [-0.3, -0.25) is 0 Å². The summed E-state index contributed by atoms with van der Waals surface area (Å²) in [6.07, 6.45) is 1.79. The first-order valence-electron chi connectivity index (χ1n) is 6.64.